The lowest BCUT2D eigenvalue weighted by Crippen LogP contribution is -2.33. The second kappa shape index (κ2) is 10.3. The first-order valence-corrected chi connectivity index (χ1v) is 12.9. The number of pyridine rings is 1. The minimum absolute atomic E-state index is 0.348. The predicted molar refractivity (Wildman–Crippen MR) is 146 cm³/mol. The molecule has 0 bridgehead atoms. The Kier molecular flexibility index (Phi) is 6.75. The Morgan fingerprint density at radius 3 is 2.71 bits per heavy atom. The smallest absolute Gasteiger partial charge is 0.182 e. The summed E-state index contributed by atoms with van der Waals surface area (Å²) in [6.07, 6.45) is 2.09. The summed E-state index contributed by atoms with van der Waals surface area (Å²) in [5, 5.41) is 41.1. The summed E-state index contributed by atoms with van der Waals surface area (Å²) in [6.45, 7) is 0.0526. The molecule has 0 amide bonds. The number of hydrogen-bond acceptors (Lipinski definition) is 10. The van der Waals surface area contributed by atoms with Crippen molar-refractivity contribution in [1.82, 2.24) is 34.7 Å². The number of hydrogen-bond donors (Lipinski definition) is 5. The Bertz CT molecular complexity index is 1580. The van der Waals surface area contributed by atoms with E-state index in [1.807, 2.05) is 30.3 Å². The largest absolute Gasteiger partial charge is 0.394 e. The van der Waals surface area contributed by atoms with Crippen LogP contribution in [0.15, 0.2) is 61.3 Å². The number of nitrogens with one attached hydrogen (secondary N) is 2. The molecular formula is C25H23IN8O4. The molecule has 1 fully saturated rings. The first-order valence-electron chi connectivity index (χ1n) is 11.8. The van der Waals surface area contributed by atoms with Gasteiger partial charge in [-0.05, 0) is 58.0 Å². The maximum absolute atomic E-state index is 10.7. The molecule has 38 heavy (non-hydrogen) atoms. The molecule has 6 rings (SSSR count). The minimum atomic E-state index is -1.29. The van der Waals surface area contributed by atoms with Crippen molar-refractivity contribution in [2.24, 2.45) is 0 Å². The molecule has 0 saturated carbocycles. The molecule has 1 saturated heterocycles. The number of ether oxygens (including phenoxy) is 1. The summed E-state index contributed by atoms with van der Waals surface area (Å²) < 4.78 is 8.42. The van der Waals surface area contributed by atoms with E-state index in [0.717, 1.165) is 20.3 Å². The number of nitrogens with zero attached hydrogens (tertiary/aromatic N) is 6. The standard InChI is InChI=1S/C25H23IN8O4/c26-15-3-1-2-13(8-15)9-28-22-19-24(34(12-29-19)25-21(37)20(36)17(11-35)38-25)32-23(31-22)18-16(10-30-33-18)14-4-6-27-7-5-14/h1-8,10,12,17,20-21,25,35-37H,9,11H2,(H,30,33)(H,28,31,32)/t17-,20-,21-,25-/m1/s1. The molecule has 4 atom stereocenters. The van der Waals surface area contributed by atoms with Crippen LogP contribution in [0.1, 0.15) is 11.8 Å². The summed E-state index contributed by atoms with van der Waals surface area (Å²) in [7, 11) is 0. The highest BCUT2D eigenvalue weighted by Gasteiger charge is 2.44. The molecule has 1 aromatic carbocycles. The van der Waals surface area contributed by atoms with Crippen LogP contribution in [-0.2, 0) is 11.3 Å². The first kappa shape index (κ1) is 24.8. The molecule has 12 nitrogen and oxygen atoms in total. The summed E-state index contributed by atoms with van der Waals surface area (Å²) >= 11 is 2.27. The average molecular weight is 626 g/mol. The summed E-state index contributed by atoms with van der Waals surface area (Å²) in [6, 6.07) is 11.8. The highest BCUT2D eigenvalue weighted by atomic mass is 127. The number of aliphatic hydroxyl groups excluding tert-OH is 3. The van der Waals surface area contributed by atoms with Gasteiger partial charge < -0.3 is 25.4 Å². The number of H-pyrrole nitrogens is 1. The maximum Gasteiger partial charge on any atom is 0.182 e. The van der Waals surface area contributed by atoms with Crippen LogP contribution in [0.5, 0.6) is 0 Å². The minimum Gasteiger partial charge on any atom is -0.394 e. The van der Waals surface area contributed by atoms with Crippen molar-refractivity contribution in [2.75, 3.05) is 11.9 Å². The van der Waals surface area contributed by atoms with Crippen molar-refractivity contribution in [3.8, 4) is 22.6 Å². The van der Waals surface area contributed by atoms with Crippen molar-refractivity contribution < 1.29 is 20.1 Å². The summed E-state index contributed by atoms with van der Waals surface area (Å²) in [5.74, 6) is 0.824. The van der Waals surface area contributed by atoms with E-state index in [1.54, 1.807) is 23.2 Å². The lowest BCUT2D eigenvalue weighted by molar-refractivity contribution is -0.0511. The lowest BCUT2D eigenvalue weighted by Gasteiger charge is -2.17. The van der Waals surface area contributed by atoms with Crippen LogP contribution in [0.3, 0.4) is 0 Å². The Hall–Kier alpha value is -3.50. The fourth-order valence-electron chi connectivity index (χ4n) is 4.49. The Morgan fingerprint density at radius 1 is 1.11 bits per heavy atom. The Morgan fingerprint density at radius 2 is 1.95 bits per heavy atom. The van der Waals surface area contributed by atoms with Crippen LogP contribution < -0.4 is 5.32 Å². The molecule has 0 aliphatic carbocycles. The zero-order valence-electron chi connectivity index (χ0n) is 19.8. The van der Waals surface area contributed by atoms with E-state index >= 15 is 0 Å². The normalized spacial score (nSPS) is 21.3. The molecular weight excluding hydrogens is 603 g/mol. The third-order valence-electron chi connectivity index (χ3n) is 6.42. The van der Waals surface area contributed by atoms with Gasteiger partial charge in [0.05, 0.1) is 19.1 Å². The van der Waals surface area contributed by atoms with Crippen molar-refractivity contribution in [1.29, 1.82) is 0 Å². The molecule has 13 heteroatoms. The van der Waals surface area contributed by atoms with Gasteiger partial charge in [-0.15, -0.1) is 0 Å². The van der Waals surface area contributed by atoms with Gasteiger partial charge in [-0.2, -0.15) is 5.10 Å². The summed E-state index contributed by atoms with van der Waals surface area (Å²) in [5.41, 5.74) is 4.16. The van der Waals surface area contributed by atoms with Crippen LogP contribution in [0.4, 0.5) is 5.82 Å². The molecule has 4 aromatic heterocycles. The van der Waals surface area contributed by atoms with Crippen LogP contribution in [0.25, 0.3) is 33.8 Å². The van der Waals surface area contributed by atoms with Crippen molar-refractivity contribution in [3.63, 3.8) is 0 Å². The topological polar surface area (TPSA) is 167 Å². The van der Waals surface area contributed by atoms with E-state index in [4.69, 9.17) is 14.7 Å². The SMILES string of the molecule is OC[C@H]1O[C@@H](n2cnc3c(NCc4cccc(I)c4)nc(-c4[nH]ncc4-c4ccncc4)nc32)[C@H](O)[C@@H]1O. The monoisotopic (exact) mass is 626 g/mol. The first-order chi connectivity index (χ1) is 18.5. The van der Waals surface area contributed by atoms with Crippen molar-refractivity contribution in [3.05, 3.63) is 70.4 Å². The highest BCUT2D eigenvalue weighted by Crippen LogP contribution is 2.35. The number of halogens is 1. The molecule has 5 N–H and O–H groups in total. The van der Waals surface area contributed by atoms with Gasteiger partial charge in [0.1, 0.15) is 24.0 Å². The second-order valence-corrected chi connectivity index (χ2v) is 10.1. The van der Waals surface area contributed by atoms with E-state index in [9.17, 15) is 15.3 Å². The molecule has 1 aliphatic rings. The number of aliphatic hydroxyl groups is 3. The van der Waals surface area contributed by atoms with Gasteiger partial charge in [0.15, 0.2) is 29.0 Å². The summed E-state index contributed by atoms with van der Waals surface area (Å²) in [4.78, 5) is 18.2. The van der Waals surface area contributed by atoms with E-state index < -0.39 is 31.1 Å². The highest BCUT2D eigenvalue weighted by molar-refractivity contribution is 14.1. The number of rotatable bonds is 7. The molecule has 1 aliphatic heterocycles. The number of benzene rings is 1. The van der Waals surface area contributed by atoms with Crippen molar-refractivity contribution >= 4 is 39.6 Å². The van der Waals surface area contributed by atoms with Gasteiger partial charge in [-0.3, -0.25) is 14.6 Å². The van der Waals surface area contributed by atoms with Crippen LogP contribution in [0.2, 0.25) is 0 Å². The van der Waals surface area contributed by atoms with Crippen LogP contribution in [-0.4, -0.2) is 74.9 Å². The van der Waals surface area contributed by atoms with Gasteiger partial charge in [-0.25, -0.2) is 15.0 Å². The Balaban J connectivity index is 1.46. The van der Waals surface area contributed by atoms with E-state index in [-0.39, 0.29) is 0 Å². The zero-order chi connectivity index (χ0) is 26.2. The van der Waals surface area contributed by atoms with Gasteiger partial charge in [0.2, 0.25) is 0 Å². The molecule has 5 heterocycles. The van der Waals surface area contributed by atoms with Gasteiger partial charge in [0, 0.05) is 28.1 Å². The van der Waals surface area contributed by atoms with Crippen molar-refractivity contribution in [2.45, 2.75) is 31.1 Å². The van der Waals surface area contributed by atoms with Gasteiger partial charge in [-0.1, -0.05) is 12.1 Å². The Labute approximate surface area is 229 Å². The fourth-order valence-corrected chi connectivity index (χ4v) is 5.09. The number of fused-ring (bicyclic) bond motifs is 1. The molecule has 194 valence electrons. The predicted octanol–water partition coefficient (Wildman–Crippen LogP) is 2.11. The van der Waals surface area contributed by atoms with E-state index in [0.29, 0.717) is 35.0 Å². The number of aromatic nitrogens is 7. The van der Waals surface area contributed by atoms with E-state index in [1.165, 1.54) is 6.33 Å². The number of imidazole rings is 1. The van der Waals surface area contributed by atoms with Crippen LogP contribution >= 0.6 is 22.6 Å². The quantitative estimate of drug-likeness (QED) is 0.169. The molecule has 0 radical (unpaired) electrons. The van der Waals surface area contributed by atoms with Gasteiger partial charge in [0.25, 0.3) is 0 Å². The zero-order valence-corrected chi connectivity index (χ0v) is 22.0. The molecule has 5 aromatic rings. The molecule has 0 spiro atoms. The lowest BCUT2D eigenvalue weighted by atomic mass is 10.1. The number of aromatic amines is 1. The third kappa shape index (κ3) is 4.52. The third-order valence-corrected chi connectivity index (χ3v) is 7.09. The van der Waals surface area contributed by atoms with Gasteiger partial charge >= 0.3 is 0 Å². The maximum atomic E-state index is 10.7. The van der Waals surface area contributed by atoms with Crippen LogP contribution in [0, 0.1) is 3.57 Å². The average Bonchev–Trinajstić information content (AvgIpc) is 3.66. The fraction of sp³-hybridized carbons (Fsp3) is 0.240. The second-order valence-electron chi connectivity index (χ2n) is 8.83. The number of anilines is 1. The molecule has 0 unspecified atom stereocenters. The van der Waals surface area contributed by atoms with E-state index in [2.05, 4.69) is 54.1 Å².